The zero-order valence-electron chi connectivity index (χ0n) is 12.4. The van der Waals surface area contributed by atoms with Gasteiger partial charge in [-0.15, -0.1) is 0 Å². The van der Waals surface area contributed by atoms with Crippen LogP contribution in [0.1, 0.15) is 25.8 Å². The summed E-state index contributed by atoms with van der Waals surface area (Å²) in [7, 11) is -3.29. The van der Waals surface area contributed by atoms with Gasteiger partial charge in [-0.25, -0.2) is 8.42 Å². The summed E-state index contributed by atoms with van der Waals surface area (Å²) in [5.41, 5.74) is 1.73. The highest BCUT2D eigenvalue weighted by atomic mass is 32.2. The van der Waals surface area contributed by atoms with E-state index in [-0.39, 0.29) is 24.9 Å². The predicted octanol–water partition coefficient (Wildman–Crippen LogP) is 1.99. The number of hydrogen-bond donors (Lipinski definition) is 1. The number of hydrogen-bond acceptors (Lipinski definition) is 3. The third kappa shape index (κ3) is 4.94. The van der Waals surface area contributed by atoms with Gasteiger partial charge in [0.05, 0.1) is 6.26 Å². The van der Waals surface area contributed by atoms with Crippen LogP contribution in [0.3, 0.4) is 0 Å². The number of carbonyl (C=O) groups excluding carboxylic acids is 1. The molecule has 0 atom stereocenters. The van der Waals surface area contributed by atoms with Crippen molar-refractivity contribution in [2.45, 2.75) is 33.2 Å². The number of nitrogens with zero attached hydrogens (tertiary/aromatic N) is 1. The highest BCUT2D eigenvalue weighted by Crippen LogP contribution is 2.14. The number of benzene rings is 1. The first-order chi connectivity index (χ1) is 9.21. The molecule has 0 spiro atoms. The standard InChI is InChI=1S/C14H22N2O3S/c1-11(2)16(20(4,18)19)10-9-14(17)15-13-8-6-5-7-12(13)3/h5-8,11H,9-10H2,1-4H3,(H,15,17). The first-order valence-electron chi connectivity index (χ1n) is 6.54. The van der Waals surface area contributed by atoms with E-state index in [1.54, 1.807) is 13.8 Å². The van der Waals surface area contributed by atoms with E-state index in [9.17, 15) is 13.2 Å². The minimum absolute atomic E-state index is 0.138. The maximum atomic E-state index is 11.9. The van der Waals surface area contributed by atoms with E-state index < -0.39 is 10.0 Å². The number of aryl methyl sites for hydroxylation is 1. The normalized spacial score (nSPS) is 11.9. The summed E-state index contributed by atoms with van der Waals surface area (Å²) in [5.74, 6) is -0.186. The first-order valence-corrected chi connectivity index (χ1v) is 8.39. The van der Waals surface area contributed by atoms with Crippen molar-refractivity contribution in [3.8, 4) is 0 Å². The van der Waals surface area contributed by atoms with Crippen molar-refractivity contribution in [3.05, 3.63) is 29.8 Å². The Hall–Kier alpha value is -1.40. The number of nitrogens with one attached hydrogen (secondary N) is 1. The van der Waals surface area contributed by atoms with Crippen molar-refractivity contribution < 1.29 is 13.2 Å². The summed E-state index contributed by atoms with van der Waals surface area (Å²) in [6.45, 7) is 5.68. The van der Waals surface area contributed by atoms with E-state index in [1.165, 1.54) is 4.31 Å². The SMILES string of the molecule is Cc1ccccc1NC(=O)CCN(C(C)C)S(C)(=O)=O. The average Bonchev–Trinajstić information content (AvgIpc) is 2.30. The van der Waals surface area contributed by atoms with Crippen LogP contribution in [0.25, 0.3) is 0 Å². The van der Waals surface area contributed by atoms with E-state index in [0.717, 1.165) is 17.5 Å². The minimum atomic E-state index is -3.29. The molecule has 0 heterocycles. The molecule has 1 rings (SSSR count). The quantitative estimate of drug-likeness (QED) is 0.873. The molecule has 0 fully saturated rings. The average molecular weight is 298 g/mol. The molecular formula is C14H22N2O3S. The van der Waals surface area contributed by atoms with Gasteiger partial charge in [-0.1, -0.05) is 18.2 Å². The van der Waals surface area contributed by atoms with E-state index in [2.05, 4.69) is 5.32 Å². The van der Waals surface area contributed by atoms with Crippen molar-refractivity contribution in [1.82, 2.24) is 4.31 Å². The highest BCUT2D eigenvalue weighted by Gasteiger charge is 2.20. The lowest BCUT2D eigenvalue weighted by molar-refractivity contribution is -0.116. The molecule has 1 amide bonds. The molecule has 1 aromatic carbocycles. The molecule has 0 saturated carbocycles. The molecule has 0 saturated heterocycles. The molecule has 0 aliphatic carbocycles. The topological polar surface area (TPSA) is 66.5 Å². The summed E-state index contributed by atoms with van der Waals surface area (Å²) < 4.78 is 24.5. The van der Waals surface area contributed by atoms with Gasteiger partial charge in [-0.2, -0.15) is 4.31 Å². The van der Waals surface area contributed by atoms with Crippen LogP contribution in [0.4, 0.5) is 5.69 Å². The maximum absolute atomic E-state index is 11.9. The van der Waals surface area contributed by atoms with Gasteiger partial charge < -0.3 is 5.32 Å². The number of carbonyl (C=O) groups is 1. The fourth-order valence-electron chi connectivity index (χ4n) is 1.94. The largest absolute Gasteiger partial charge is 0.326 e. The Kier molecular flexibility index (Phi) is 5.71. The zero-order chi connectivity index (χ0) is 15.3. The second-order valence-corrected chi connectivity index (χ2v) is 7.02. The van der Waals surface area contributed by atoms with Gasteiger partial charge in [0, 0.05) is 24.7 Å². The van der Waals surface area contributed by atoms with E-state index in [4.69, 9.17) is 0 Å². The van der Waals surface area contributed by atoms with E-state index >= 15 is 0 Å². The number of amides is 1. The van der Waals surface area contributed by atoms with Crippen molar-refractivity contribution in [3.63, 3.8) is 0 Å². The molecule has 5 nitrogen and oxygen atoms in total. The summed E-state index contributed by atoms with van der Waals surface area (Å²) in [4.78, 5) is 11.9. The molecule has 20 heavy (non-hydrogen) atoms. The molecule has 0 aliphatic heterocycles. The summed E-state index contributed by atoms with van der Waals surface area (Å²) >= 11 is 0. The van der Waals surface area contributed by atoms with Gasteiger partial charge in [0.15, 0.2) is 0 Å². The monoisotopic (exact) mass is 298 g/mol. The van der Waals surface area contributed by atoms with Crippen LogP contribution in [0.5, 0.6) is 0 Å². The molecule has 0 aromatic heterocycles. The number of para-hydroxylation sites is 1. The van der Waals surface area contributed by atoms with Crippen molar-refractivity contribution >= 4 is 21.6 Å². The van der Waals surface area contributed by atoms with Crippen LogP contribution in [-0.4, -0.2) is 37.5 Å². The van der Waals surface area contributed by atoms with Crippen LogP contribution < -0.4 is 5.32 Å². The van der Waals surface area contributed by atoms with Crippen LogP contribution in [0.15, 0.2) is 24.3 Å². The molecular weight excluding hydrogens is 276 g/mol. The first kappa shape index (κ1) is 16.7. The Labute approximate surface area is 121 Å². The summed E-state index contributed by atoms with van der Waals surface area (Å²) in [6, 6.07) is 7.32. The third-order valence-electron chi connectivity index (χ3n) is 2.98. The highest BCUT2D eigenvalue weighted by molar-refractivity contribution is 7.88. The lowest BCUT2D eigenvalue weighted by Gasteiger charge is -2.23. The predicted molar refractivity (Wildman–Crippen MR) is 81.1 cm³/mol. The van der Waals surface area contributed by atoms with Crippen molar-refractivity contribution in [1.29, 1.82) is 0 Å². The van der Waals surface area contributed by atoms with Crippen molar-refractivity contribution in [2.24, 2.45) is 0 Å². The van der Waals surface area contributed by atoms with Crippen LogP contribution >= 0.6 is 0 Å². The third-order valence-corrected chi connectivity index (χ3v) is 4.44. The second kappa shape index (κ2) is 6.85. The fourth-order valence-corrected chi connectivity index (χ4v) is 3.13. The van der Waals surface area contributed by atoms with Crippen LogP contribution in [0.2, 0.25) is 0 Å². The lowest BCUT2D eigenvalue weighted by Crippen LogP contribution is -2.38. The molecule has 0 bridgehead atoms. The minimum Gasteiger partial charge on any atom is -0.326 e. The number of rotatable bonds is 6. The number of sulfonamides is 1. The Morgan fingerprint density at radius 1 is 1.30 bits per heavy atom. The second-order valence-electron chi connectivity index (χ2n) is 5.08. The molecule has 0 radical (unpaired) electrons. The van der Waals surface area contributed by atoms with E-state index in [0.29, 0.717) is 0 Å². The smallest absolute Gasteiger partial charge is 0.225 e. The van der Waals surface area contributed by atoms with Gasteiger partial charge in [0.1, 0.15) is 0 Å². The molecule has 0 aliphatic rings. The van der Waals surface area contributed by atoms with Gasteiger partial charge in [-0.3, -0.25) is 4.79 Å². The Balaban J connectivity index is 2.62. The van der Waals surface area contributed by atoms with Gasteiger partial charge >= 0.3 is 0 Å². The molecule has 112 valence electrons. The molecule has 1 aromatic rings. The molecule has 0 unspecified atom stereocenters. The van der Waals surface area contributed by atoms with Gasteiger partial charge in [0.25, 0.3) is 0 Å². The Morgan fingerprint density at radius 2 is 1.90 bits per heavy atom. The maximum Gasteiger partial charge on any atom is 0.225 e. The molecule has 6 heteroatoms. The summed E-state index contributed by atoms with van der Waals surface area (Å²) in [6.07, 6.45) is 1.30. The molecule has 1 N–H and O–H groups in total. The van der Waals surface area contributed by atoms with Gasteiger partial charge in [-0.05, 0) is 32.4 Å². The Morgan fingerprint density at radius 3 is 2.40 bits per heavy atom. The fraction of sp³-hybridized carbons (Fsp3) is 0.500. The number of anilines is 1. The van der Waals surface area contributed by atoms with Gasteiger partial charge in [0.2, 0.25) is 15.9 Å². The van der Waals surface area contributed by atoms with Crippen LogP contribution in [-0.2, 0) is 14.8 Å². The van der Waals surface area contributed by atoms with Crippen molar-refractivity contribution in [2.75, 3.05) is 18.1 Å². The zero-order valence-corrected chi connectivity index (χ0v) is 13.2. The Bertz CT molecular complexity index is 568. The lowest BCUT2D eigenvalue weighted by atomic mass is 10.2. The van der Waals surface area contributed by atoms with Crippen LogP contribution in [0, 0.1) is 6.92 Å². The summed E-state index contributed by atoms with van der Waals surface area (Å²) in [5, 5.41) is 2.80. The van der Waals surface area contributed by atoms with E-state index in [1.807, 2.05) is 31.2 Å².